The van der Waals surface area contributed by atoms with Crippen molar-refractivity contribution in [3.05, 3.63) is 243 Å². The van der Waals surface area contributed by atoms with Gasteiger partial charge in [0.25, 0.3) is 0 Å². The van der Waals surface area contributed by atoms with E-state index in [0.29, 0.717) is 0 Å². The summed E-state index contributed by atoms with van der Waals surface area (Å²) in [5, 5.41) is 18.5. The van der Waals surface area contributed by atoms with E-state index >= 15 is 0 Å². The van der Waals surface area contributed by atoms with Crippen LogP contribution in [-0.2, 0) is 0 Å². The van der Waals surface area contributed by atoms with Crippen LogP contribution in [0.3, 0.4) is 0 Å². The third kappa shape index (κ3) is 6.10. The fraction of sp³-hybridized carbons (Fsp3) is 0. The molecule has 0 aliphatic carbocycles. The summed E-state index contributed by atoms with van der Waals surface area (Å²) in [4.78, 5) is 4.76. The molecule has 15 aromatic rings. The highest BCUT2D eigenvalue weighted by molar-refractivity contribution is 6.19. The highest BCUT2D eigenvalue weighted by Crippen LogP contribution is 2.45. The molecule has 13 aromatic carbocycles. The van der Waals surface area contributed by atoms with Crippen LogP contribution in [0.15, 0.2) is 251 Å². The van der Waals surface area contributed by atoms with Crippen LogP contribution in [0.2, 0.25) is 0 Å². The molecule has 0 fully saturated rings. The molecule has 0 atom stereocenters. The van der Waals surface area contributed by atoms with Gasteiger partial charge in [-0.2, -0.15) is 0 Å². The lowest BCUT2D eigenvalue weighted by Gasteiger charge is -2.27. The second-order valence-electron chi connectivity index (χ2n) is 18.5. The van der Waals surface area contributed by atoms with Crippen molar-refractivity contribution in [2.24, 2.45) is 0 Å². The fourth-order valence-corrected chi connectivity index (χ4v) is 11.1. The van der Waals surface area contributed by atoms with Crippen molar-refractivity contribution in [2.45, 2.75) is 0 Å². The van der Waals surface area contributed by atoms with E-state index in [9.17, 15) is 0 Å². The molecule has 2 heterocycles. The molecule has 2 aromatic heterocycles. The first-order chi connectivity index (χ1) is 34.6. The molecule has 4 heteroatoms. The Bertz CT molecular complexity index is 4340. The second-order valence-corrected chi connectivity index (χ2v) is 18.5. The maximum atomic E-state index is 6.72. The van der Waals surface area contributed by atoms with Crippen molar-refractivity contribution < 1.29 is 8.83 Å². The summed E-state index contributed by atoms with van der Waals surface area (Å²) in [5.74, 6) is 0. The monoisotopic (exact) mass is 892 g/mol. The molecule has 0 N–H and O–H groups in total. The van der Waals surface area contributed by atoms with Gasteiger partial charge in [-0.05, 0) is 145 Å². The van der Waals surface area contributed by atoms with Crippen molar-refractivity contribution in [3.8, 4) is 0 Å². The number of rotatable bonds is 6. The van der Waals surface area contributed by atoms with Crippen LogP contribution >= 0.6 is 0 Å². The van der Waals surface area contributed by atoms with E-state index in [0.717, 1.165) is 99.5 Å². The van der Waals surface area contributed by atoms with Gasteiger partial charge in [-0.15, -0.1) is 0 Å². The van der Waals surface area contributed by atoms with Crippen LogP contribution < -0.4 is 9.80 Å². The molecule has 4 nitrogen and oxygen atoms in total. The molecule has 0 spiro atoms. The van der Waals surface area contributed by atoms with E-state index in [-0.39, 0.29) is 0 Å². The third-order valence-corrected chi connectivity index (χ3v) is 14.5. The molecule has 0 amide bonds. The van der Waals surface area contributed by atoms with Gasteiger partial charge in [-0.3, -0.25) is 0 Å². The Balaban J connectivity index is 0.841. The number of nitrogens with zero attached hydrogens (tertiary/aromatic N) is 2. The predicted octanol–water partition coefficient (Wildman–Crippen LogP) is 19.3. The Hall–Kier alpha value is -9.38. The number of benzene rings is 13. The molecular weight excluding hydrogens is 853 g/mol. The zero-order chi connectivity index (χ0) is 45.9. The summed E-state index contributed by atoms with van der Waals surface area (Å²) >= 11 is 0. The van der Waals surface area contributed by atoms with Gasteiger partial charge in [0.1, 0.15) is 22.3 Å². The van der Waals surface area contributed by atoms with Crippen LogP contribution in [0.4, 0.5) is 34.1 Å². The summed E-state index contributed by atoms with van der Waals surface area (Å²) < 4.78 is 13.4. The normalized spacial score (nSPS) is 12.0. The zero-order valence-electron chi connectivity index (χ0n) is 37.8. The summed E-state index contributed by atoms with van der Waals surface area (Å²) in [5.41, 5.74) is 9.92. The fourth-order valence-electron chi connectivity index (χ4n) is 11.1. The van der Waals surface area contributed by atoms with Crippen molar-refractivity contribution in [1.82, 2.24) is 0 Å². The number of anilines is 6. The van der Waals surface area contributed by atoms with E-state index in [1.165, 1.54) is 43.1 Å². The minimum absolute atomic E-state index is 0.804. The van der Waals surface area contributed by atoms with Crippen LogP contribution in [-0.4, -0.2) is 0 Å². The Labute approximate surface area is 402 Å². The lowest BCUT2D eigenvalue weighted by molar-refractivity contribution is 0.656. The summed E-state index contributed by atoms with van der Waals surface area (Å²) in [6.45, 7) is 0. The van der Waals surface area contributed by atoms with Gasteiger partial charge in [0.15, 0.2) is 0 Å². The standard InChI is InChI=1S/C66H40N2O2/c1-3-15-45-31-51(27-23-41(45)11-1)67(61-21-9-17-43-13-5-7-19-55(43)61)53-29-25-47-35-57-59-39-60-58-36-48-26-30-54(34-50(48)38-64(58)70-66(60)40-65(59)69-63(57)37-49(47)33-53)68(52-28-24-42-12-2-4-16-46(42)32-52)62-22-10-18-44-14-6-8-20-56(44)62/h1-40H. The number of hydrogen-bond acceptors (Lipinski definition) is 4. The topological polar surface area (TPSA) is 32.8 Å². The predicted molar refractivity (Wildman–Crippen MR) is 295 cm³/mol. The molecular formula is C66H40N2O2. The maximum Gasteiger partial charge on any atom is 0.139 e. The Morgan fingerprint density at radius 2 is 0.529 bits per heavy atom. The van der Waals surface area contributed by atoms with Gasteiger partial charge in [0, 0.05) is 61.1 Å². The molecule has 0 radical (unpaired) electrons. The first-order valence-corrected chi connectivity index (χ1v) is 23.9. The molecule has 0 aliphatic rings. The molecule has 326 valence electrons. The zero-order valence-corrected chi connectivity index (χ0v) is 37.8. The lowest BCUT2D eigenvalue weighted by Crippen LogP contribution is -2.10. The molecule has 0 bridgehead atoms. The minimum Gasteiger partial charge on any atom is -0.456 e. The minimum atomic E-state index is 0.804. The number of hydrogen-bond donors (Lipinski definition) is 0. The summed E-state index contributed by atoms with van der Waals surface area (Å²) in [6.07, 6.45) is 0. The van der Waals surface area contributed by atoms with E-state index in [1.54, 1.807) is 0 Å². The molecule has 0 unspecified atom stereocenters. The number of fused-ring (bicyclic) bond motifs is 12. The first-order valence-electron chi connectivity index (χ1n) is 23.9. The van der Waals surface area contributed by atoms with Gasteiger partial charge in [-0.1, -0.05) is 146 Å². The van der Waals surface area contributed by atoms with Gasteiger partial charge in [-0.25, -0.2) is 0 Å². The Kier molecular flexibility index (Phi) is 8.33. The third-order valence-electron chi connectivity index (χ3n) is 14.5. The van der Waals surface area contributed by atoms with Gasteiger partial charge >= 0.3 is 0 Å². The number of furan rings is 2. The van der Waals surface area contributed by atoms with Gasteiger partial charge in [0.2, 0.25) is 0 Å². The average Bonchev–Trinajstić information content (AvgIpc) is 3.94. The van der Waals surface area contributed by atoms with E-state index in [4.69, 9.17) is 8.83 Å². The lowest BCUT2D eigenvalue weighted by atomic mass is 10.0. The van der Waals surface area contributed by atoms with Crippen molar-refractivity contribution >= 4 is 143 Å². The van der Waals surface area contributed by atoms with Crippen LogP contribution in [0, 0.1) is 0 Å². The molecule has 0 saturated heterocycles. The molecule has 70 heavy (non-hydrogen) atoms. The Morgan fingerprint density at radius 1 is 0.200 bits per heavy atom. The van der Waals surface area contributed by atoms with Crippen LogP contribution in [0.25, 0.3) is 109 Å². The van der Waals surface area contributed by atoms with Crippen LogP contribution in [0.1, 0.15) is 0 Å². The highest BCUT2D eigenvalue weighted by atomic mass is 16.3. The maximum absolute atomic E-state index is 6.72. The van der Waals surface area contributed by atoms with Gasteiger partial charge in [0.05, 0.1) is 11.4 Å². The first kappa shape index (κ1) is 38.7. The summed E-state index contributed by atoms with van der Waals surface area (Å²) in [7, 11) is 0. The summed E-state index contributed by atoms with van der Waals surface area (Å²) in [6, 6.07) is 87.8. The smallest absolute Gasteiger partial charge is 0.139 e. The highest BCUT2D eigenvalue weighted by Gasteiger charge is 2.21. The van der Waals surface area contributed by atoms with E-state index in [1.807, 2.05) is 0 Å². The van der Waals surface area contributed by atoms with Crippen molar-refractivity contribution in [1.29, 1.82) is 0 Å². The SMILES string of the molecule is c1ccc2cc(N(c3ccc4cc5c(cc4c3)oc3cc4oc6cc7cc(N(c8ccc9ccccc9c8)c8cccc9ccccc89)ccc7cc6c4cc35)c3cccc4ccccc34)ccc2c1. The van der Waals surface area contributed by atoms with Crippen LogP contribution in [0.5, 0.6) is 0 Å². The van der Waals surface area contributed by atoms with E-state index < -0.39 is 0 Å². The quantitative estimate of drug-likeness (QED) is 0.166. The molecule has 15 rings (SSSR count). The van der Waals surface area contributed by atoms with Crippen molar-refractivity contribution in [3.63, 3.8) is 0 Å². The molecule has 0 aliphatic heterocycles. The van der Waals surface area contributed by atoms with Crippen molar-refractivity contribution in [2.75, 3.05) is 9.80 Å². The largest absolute Gasteiger partial charge is 0.456 e. The average molecular weight is 893 g/mol. The van der Waals surface area contributed by atoms with Gasteiger partial charge < -0.3 is 18.6 Å². The molecule has 0 saturated carbocycles. The van der Waals surface area contributed by atoms with E-state index in [2.05, 4.69) is 252 Å². The Morgan fingerprint density at radius 3 is 0.986 bits per heavy atom. The second kappa shape index (κ2) is 15.1.